The Labute approximate surface area is 131 Å². The molecule has 4 heteroatoms. The second-order valence-corrected chi connectivity index (χ2v) is 6.32. The topological polar surface area (TPSA) is 42.1 Å². The highest BCUT2D eigenvalue weighted by Gasteiger charge is 2.23. The quantitative estimate of drug-likeness (QED) is 0.861. The van der Waals surface area contributed by atoms with E-state index in [1.807, 2.05) is 12.3 Å². The summed E-state index contributed by atoms with van der Waals surface area (Å²) in [5.74, 6) is 0. The molecule has 1 aromatic heterocycles. The maximum atomic E-state index is 5.80. The zero-order valence-electron chi connectivity index (χ0n) is 12.2. The van der Waals surface area contributed by atoms with Gasteiger partial charge in [0, 0.05) is 30.7 Å². The van der Waals surface area contributed by atoms with Gasteiger partial charge in [0.25, 0.3) is 0 Å². The van der Waals surface area contributed by atoms with Gasteiger partial charge in [-0.25, -0.2) is 0 Å². The minimum atomic E-state index is 0.584. The third-order valence-electron chi connectivity index (χ3n) is 4.31. The van der Waals surface area contributed by atoms with Crippen molar-refractivity contribution in [2.24, 2.45) is 5.73 Å². The first-order valence-electron chi connectivity index (χ1n) is 7.59. The Morgan fingerprint density at radius 1 is 1.24 bits per heavy atom. The molecular weight excluding hydrogens is 278 g/mol. The van der Waals surface area contributed by atoms with Crippen molar-refractivity contribution in [3.8, 4) is 0 Å². The number of para-hydroxylation sites is 1. The van der Waals surface area contributed by atoms with Gasteiger partial charge in [-0.3, -0.25) is 9.88 Å². The van der Waals surface area contributed by atoms with E-state index in [1.165, 1.54) is 36.6 Å². The Kier molecular flexibility index (Phi) is 4.46. The summed E-state index contributed by atoms with van der Waals surface area (Å²) in [7, 11) is 0. The number of rotatable bonds is 5. The summed E-state index contributed by atoms with van der Waals surface area (Å²) in [5, 5.41) is 1.23. The molecule has 1 aromatic carbocycles. The van der Waals surface area contributed by atoms with Crippen LogP contribution in [-0.2, 0) is 6.54 Å². The third kappa shape index (κ3) is 3.39. The van der Waals surface area contributed by atoms with E-state index in [0.717, 1.165) is 12.1 Å². The van der Waals surface area contributed by atoms with E-state index in [9.17, 15) is 0 Å². The van der Waals surface area contributed by atoms with Gasteiger partial charge < -0.3 is 5.73 Å². The van der Waals surface area contributed by atoms with Crippen LogP contribution < -0.4 is 5.73 Å². The summed E-state index contributed by atoms with van der Waals surface area (Å²) in [6, 6.07) is 11.0. The van der Waals surface area contributed by atoms with Crippen LogP contribution >= 0.6 is 12.2 Å². The Morgan fingerprint density at radius 2 is 2.00 bits per heavy atom. The monoisotopic (exact) mass is 299 g/mol. The molecular formula is C17H21N3S. The van der Waals surface area contributed by atoms with Crippen molar-refractivity contribution in [1.29, 1.82) is 0 Å². The zero-order chi connectivity index (χ0) is 14.7. The van der Waals surface area contributed by atoms with E-state index in [-0.39, 0.29) is 0 Å². The zero-order valence-corrected chi connectivity index (χ0v) is 13.0. The Balaban J connectivity index is 1.88. The molecule has 0 spiro atoms. The minimum Gasteiger partial charge on any atom is -0.392 e. The van der Waals surface area contributed by atoms with Crippen molar-refractivity contribution in [1.82, 2.24) is 9.88 Å². The molecule has 110 valence electrons. The maximum absolute atomic E-state index is 5.80. The van der Waals surface area contributed by atoms with Crippen molar-refractivity contribution < 1.29 is 0 Å². The lowest BCUT2D eigenvalue weighted by molar-refractivity contribution is 0.219. The summed E-state index contributed by atoms with van der Waals surface area (Å²) < 4.78 is 0. The SMILES string of the molecule is NC(=S)CN(Cc1ccnc2ccccc12)C1CCCC1. The van der Waals surface area contributed by atoms with Crippen molar-refractivity contribution in [2.45, 2.75) is 38.3 Å². The normalized spacial score (nSPS) is 15.9. The molecule has 1 heterocycles. The van der Waals surface area contributed by atoms with Crippen molar-refractivity contribution in [3.63, 3.8) is 0 Å². The van der Waals surface area contributed by atoms with Crippen molar-refractivity contribution in [3.05, 3.63) is 42.1 Å². The Bertz CT molecular complexity index is 629. The van der Waals surface area contributed by atoms with E-state index >= 15 is 0 Å². The van der Waals surface area contributed by atoms with Gasteiger partial charge in [-0.1, -0.05) is 43.3 Å². The van der Waals surface area contributed by atoms with Gasteiger partial charge in [0.1, 0.15) is 0 Å². The van der Waals surface area contributed by atoms with Crippen LogP contribution in [0.5, 0.6) is 0 Å². The fourth-order valence-corrected chi connectivity index (χ4v) is 3.46. The molecule has 1 aliphatic rings. The molecule has 0 unspecified atom stereocenters. The average Bonchev–Trinajstić information content (AvgIpc) is 3.01. The molecule has 1 saturated carbocycles. The van der Waals surface area contributed by atoms with Gasteiger partial charge in [-0.05, 0) is 30.5 Å². The molecule has 1 aliphatic carbocycles. The molecule has 3 rings (SSSR count). The molecule has 1 fully saturated rings. The van der Waals surface area contributed by atoms with E-state index in [2.05, 4.69) is 34.1 Å². The number of fused-ring (bicyclic) bond motifs is 1. The highest BCUT2D eigenvalue weighted by Crippen LogP contribution is 2.26. The average molecular weight is 299 g/mol. The van der Waals surface area contributed by atoms with Gasteiger partial charge in [0.2, 0.25) is 0 Å². The summed E-state index contributed by atoms with van der Waals surface area (Å²) in [5.41, 5.74) is 8.17. The maximum Gasteiger partial charge on any atom is 0.0870 e. The van der Waals surface area contributed by atoms with Crippen molar-refractivity contribution >= 4 is 28.1 Å². The first-order valence-corrected chi connectivity index (χ1v) is 8.00. The lowest BCUT2D eigenvalue weighted by atomic mass is 10.1. The molecule has 0 radical (unpaired) electrons. The fraction of sp³-hybridized carbons (Fsp3) is 0.412. The summed E-state index contributed by atoms with van der Waals surface area (Å²) in [6.07, 6.45) is 7.04. The number of nitrogens with two attached hydrogens (primary N) is 1. The van der Waals surface area contributed by atoms with Crippen LogP contribution in [0.1, 0.15) is 31.2 Å². The van der Waals surface area contributed by atoms with Crippen LogP contribution in [0, 0.1) is 0 Å². The van der Waals surface area contributed by atoms with E-state index in [4.69, 9.17) is 18.0 Å². The van der Waals surface area contributed by atoms with Gasteiger partial charge in [-0.15, -0.1) is 0 Å². The number of benzene rings is 1. The van der Waals surface area contributed by atoms with Crippen LogP contribution in [0.2, 0.25) is 0 Å². The summed E-state index contributed by atoms with van der Waals surface area (Å²) in [4.78, 5) is 7.46. The smallest absolute Gasteiger partial charge is 0.0870 e. The Hall–Kier alpha value is -1.52. The van der Waals surface area contributed by atoms with Crippen LogP contribution in [0.4, 0.5) is 0 Å². The number of hydrogen-bond acceptors (Lipinski definition) is 3. The number of hydrogen-bond donors (Lipinski definition) is 1. The first-order chi connectivity index (χ1) is 10.2. The predicted molar refractivity (Wildman–Crippen MR) is 91.2 cm³/mol. The molecule has 0 saturated heterocycles. The number of nitrogens with zero attached hydrogens (tertiary/aromatic N) is 2. The molecule has 21 heavy (non-hydrogen) atoms. The second kappa shape index (κ2) is 6.50. The van der Waals surface area contributed by atoms with Gasteiger partial charge in [0.15, 0.2) is 0 Å². The molecule has 0 amide bonds. The standard InChI is InChI=1S/C17H21N3S/c18-17(21)12-20(14-5-1-2-6-14)11-13-9-10-19-16-8-4-3-7-15(13)16/h3-4,7-10,14H,1-2,5-6,11-12H2,(H2,18,21). The Morgan fingerprint density at radius 3 is 2.76 bits per heavy atom. The van der Waals surface area contributed by atoms with Gasteiger partial charge in [-0.2, -0.15) is 0 Å². The largest absolute Gasteiger partial charge is 0.392 e. The lowest BCUT2D eigenvalue weighted by Crippen LogP contribution is -2.38. The van der Waals surface area contributed by atoms with Crippen LogP contribution in [0.3, 0.4) is 0 Å². The van der Waals surface area contributed by atoms with Crippen LogP contribution in [0.15, 0.2) is 36.5 Å². The molecule has 3 nitrogen and oxygen atoms in total. The predicted octanol–water partition coefficient (Wildman–Crippen LogP) is 3.27. The fourth-order valence-electron chi connectivity index (χ4n) is 3.30. The number of aromatic nitrogens is 1. The van der Waals surface area contributed by atoms with E-state index in [0.29, 0.717) is 17.6 Å². The molecule has 2 aromatic rings. The van der Waals surface area contributed by atoms with Crippen LogP contribution in [0.25, 0.3) is 10.9 Å². The second-order valence-electron chi connectivity index (χ2n) is 5.80. The lowest BCUT2D eigenvalue weighted by Gasteiger charge is -2.28. The highest BCUT2D eigenvalue weighted by molar-refractivity contribution is 7.80. The number of pyridine rings is 1. The molecule has 0 aliphatic heterocycles. The molecule has 0 bridgehead atoms. The first kappa shape index (κ1) is 14.4. The highest BCUT2D eigenvalue weighted by atomic mass is 32.1. The molecule has 2 N–H and O–H groups in total. The van der Waals surface area contributed by atoms with E-state index in [1.54, 1.807) is 0 Å². The molecule has 0 atom stereocenters. The van der Waals surface area contributed by atoms with Gasteiger partial charge >= 0.3 is 0 Å². The van der Waals surface area contributed by atoms with Gasteiger partial charge in [0.05, 0.1) is 10.5 Å². The van der Waals surface area contributed by atoms with Crippen molar-refractivity contribution in [2.75, 3.05) is 6.54 Å². The summed E-state index contributed by atoms with van der Waals surface area (Å²) >= 11 is 5.14. The number of thiocarbonyl (C=S) groups is 1. The minimum absolute atomic E-state index is 0.584. The third-order valence-corrected chi connectivity index (χ3v) is 4.44. The van der Waals surface area contributed by atoms with E-state index < -0.39 is 0 Å². The summed E-state index contributed by atoms with van der Waals surface area (Å²) in [6.45, 7) is 1.60. The van der Waals surface area contributed by atoms with Crippen LogP contribution in [-0.4, -0.2) is 27.5 Å².